The van der Waals surface area contributed by atoms with Gasteiger partial charge in [0.05, 0.1) is 14.2 Å². The average molecular weight is 415 g/mol. The highest BCUT2D eigenvalue weighted by Crippen LogP contribution is 2.30. The fourth-order valence-corrected chi connectivity index (χ4v) is 3.26. The van der Waals surface area contributed by atoms with Gasteiger partial charge in [-0.15, -0.1) is 0 Å². The average Bonchev–Trinajstić information content (AvgIpc) is 2.71. The van der Waals surface area contributed by atoms with E-state index in [2.05, 4.69) is 5.32 Å². The molecule has 0 fully saturated rings. The van der Waals surface area contributed by atoms with E-state index in [1.54, 1.807) is 20.3 Å². The molecular weight excluding hydrogens is 386 g/mol. The van der Waals surface area contributed by atoms with Gasteiger partial charge in [0.1, 0.15) is 23.6 Å². The summed E-state index contributed by atoms with van der Waals surface area (Å²) in [6.07, 6.45) is 0.509. The highest BCUT2D eigenvalue weighted by atomic mass is 16.5. The highest BCUT2D eigenvalue weighted by molar-refractivity contribution is 5.78. The number of aliphatic carboxylic acids is 2. The van der Waals surface area contributed by atoms with Gasteiger partial charge in [-0.1, -0.05) is 38.1 Å². The Kier molecular flexibility index (Phi) is 8.24. The van der Waals surface area contributed by atoms with Crippen molar-refractivity contribution in [3.63, 3.8) is 0 Å². The molecule has 0 aromatic heterocycles. The number of methoxy groups -OCH3 is 2. The molecule has 0 radical (unpaired) electrons. The number of nitrogens with one attached hydrogen (secondary N) is 1. The molecule has 162 valence electrons. The highest BCUT2D eigenvalue weighted by Gasteiger charge is 2.26. The Labute approximate surface area is 176 Å². The summed E-state index contributed by atoms with van der Waals surface area (Å²) in [5, 5.41) is 21.9. The molecule has 7 nitrogen and oxygen atoms in total. The van der Waals surface area contributed by atoms with Gasteiger partial charge >= 0.3 is 11.9 Å². The van der Waals surface area contributed by atoms with Gasteiger partial charge in [-0.2, -0.15) is 0 Å². The standard InChI is InChI=1S/C23H29NO6/c1-14(2)8-20(22(25)26)24-21(23(27)28)10-15-6-5-7-16(9-15)17-11-18(29-3)13-19(12-17)30-4/h5-7,9,11-14,20-21,24H,8,10H2,1-4H3,(H,25,26)(H,27,28)/t20-,21?/m0/s1. The van der Waals surface area contributed by atoms with Crippen molar-refractivity contribution in [3.05, 3.63) is 48.0 Å². The van der Waals surface area contributed by atoms with Gasteiger partial charge in [0.25, 0.3) is 0 Å². The first-order valence-electron chi connectivity index (χ1n) is 9.77. The summed E-state index contributed by atoms with van der Waals surface area (Å²) < 4.78 is 10.6. The SMILES string of the molecule is COc1cc(OC)cc(-c2cccc(CC(N[C@@H](CC(C)C)C(=O)O)C(=O)O)c2)c1. The van der Waals surface area contributed by atoms with Crippen LogP contribution < -0.4 is 14.8 Å². The Bertz CT molecular complexity index is 857. The Morgan fingerprint density at radius 1 is 0.900 bits per heavy atom. The number of carboxylic acid groups (broad SMARTS) is 2. The number of rotatable bonds is 11. The van der Waals surface area contributed by atoms with Crippen molar-refractivity contribution in [2.24, 2.45) is 5.92 Å². The van der Waals surface area contributed by atoms with E-state index in [1.165, 1.54) is 0 Å². The van der Waals surface area contributed by atoms with Crippen molar-refractivity contribution in [3.8, 4) is 22.6 Å². The van der Waals surface area contributed by atoms with Crippen molar-refractivity contribution in [1.82, 2.24) is 5.32 Å². The molecule has 2 aromatic carbocycles. The summed E-state index contributed by atoms with van der Waals surface area (Å²) in [6, 6.07) is 11.1. The van der Waals surface area contributed by atoms with Crippen LogP contribution in [0.15, 0.2) is 42.5 Å². The maximum atomic E-state index is 11.8. The van der Waals surface area contributed by atoms with Crippen LogP contribution in [0.5, 0.6) is 11.5 Å². The van der Waals surface area contributed by atoms with Gasteiger partial charge in [0.2, 0.25) is 0 Å². The van der Waals surface area contributed by atoms with Crippen LogP contribution in [-0.4, -0.2) is 48.5 Å². The molecule has 0 saturated carbocycles. The Morgan fingerprint density at radius 2 is 1.50 bits per heavy atom. The number of hydrogen-bond acceptors (Lipinski definition) is 5. The predicted octanol–water partition coefficient (Wildman–Crippen LogP) is 3.46. The van der Waals surface area contributed by atoms with Crippen molar-refractivity contribution in [2.45, 2.75) is 38.8 Å². The minimum Gasteiger partial charge on any atom is -0.497 e. The van der Waals surface area contributed by atoms with Crippen LogP contribution in [0.25, 0.3) is 11.1 Å². The van der Waals surface area contributed by atoms with Crippen LogP contribution >= 0.6 is 0 Å². The minimum absolute atomic E-state index is 0.124. The quantitative estimate of drug-likeness (QED) is 0.516. The van der Waals surface area contributed by atoms with Crippen LogP contribution in [-0.2, 0) is 16.0 Å². The molecule has 2 aromatic rings. The predicted molar refractivity (Wildman–Crippen MR) is 114 cm³/mol. The molecular formula is C23H29NO6. The number of carbonyl (C=O) groups is 2. The van der Waals surface area contributed by atoms with E-state index in [0.29, 0.717) is 17.9 Å². The summed E-state index contributed by atoms with van der Waals surface area (Å²) in [6.45, 7) is 3.80. The minimum atomic E-state index is -1.08. The molecule has 1 unspecified atom stereocenters. The zero-order valence-corrected chi connectivity index (χ0v) is 17.7. The molecule has 2 rings (SSSR count). The van der Waals surface area contributed by atoms with Gasteiger partial charge in [0.15, 0.2) is 0 Å². The van der Waals surface area contributed by atoms with Crippen molar-refractivity contribution in [2.75, 3.05) is 14.2 Å². The van der Waals surface area contributed by atoms with Gasteiger partial charge in [-0.05, 0) is 47.6 Å². The Hall–Kier alpha value is -3.06. The van der Waals surface area contributed by atoms with Crippen molar-refractivity contribution < 1.29 is 29.3 Å². The second kappa shape index (κ2) is 10.6. The summed E-state index contributed by atoms with van der Waals surface area (Å²) in [5.74, 6) is -0.708. The molecule has 0 heterocycles. The lowest BCUT2D eigenvalue weighted by molar-refractivity contribution is -0.142. The molecule has 30 heavy (non-hydrogen) atoms. The molecule has 0 aliphatic heterocycles. The molecule has 0 aliphatic rings. The van der Waals surface area contributed by atoms with Crippen LogP contribution in [0.3, 0.4) is 0 Å². The molecule has 0 saturated heterocycles. The topological polar surface area (TPSA) is 105 Å². The molecule has 0 aliphatic carbocycles. The van der Waals surface area contributed by atoms with Crippen molar-refractivity contribution in [1.29, 1.82) is 0 Å². The Morgan fingerprint density at radius 3 is 2.00 bits per heavy atom. The fourth-order valence-electron chi connectivity index (χ4n) is 3.26. The summed E-state index contributed by atoms with van der Waals surface area (Å²) in [5.41, 5.74) is 2.53. The van der Waals surface area contributed by atoms with Gasteiger partial charge in [-0.3, -0.25) is 14.9 Å². The van der Waals surface area contributed by atoms with E-state index >= 15 is 0 Å². The summed E-state index contributed by atoms with van der Waals surface area (Å²) in [7, 11) is 3.16. The number of carboxylic acids is 2. The number of hydrogen-bond donors (Lipinski definition) is 3. The maximum absolute atomic E-state index is 11.8. The van der Waals surface area contributed by atoms with E-state index < -0.39 is 24.0 Å². The number of benzene rings is 2. The second-order valence-corrected chi connectivity index (χ2v) is 7.58. The largest absolute Gasteiger partial charge is 0.497 e. The zero-order chi connectivity index (χ0) is 22.3. The van der Waals surface area contributed by atoms with E-state index in [0.717, 1.165) is 16.7 Å². The van der Waals surface area contributed by atoms with Crippen LogP contribution in [0.4, 0.5) is 0 Å². The molecule has 0 amide bonds. The van der Waals surface area contributed by atoms with Crippen LogP contribution in [0, 0.1) is 5.92 Å². The lowest BCUT2D eigenvalue weighted by Gasteiger charge is -2.22. The normalized spacial score (nSPS) is 13.0. The first-order valence-corrected chi connectivity index (χ1v) is 9.77. The molecule has 0 spiro atoms. The Balaban J connectivity index is 2.27. The van der Waals surface area contributed by atoms with E-state index in [1.807, 2.05) is 50.2 Å². The molecule has 7 heteroatoms. The third-order valence-electron chi connectivity index (χ3n) is 4.76. The third-order valence-corrected chi connectivity index (χ3v) is 4.76. The summed E-state index contributed by atoms with van der Waals surface area (Å²) >= 11 is 0. The van der Waals surface area contributed by atoms with Crippen LogP contribution in [0.1, 0.15) is 25.8 Å². The maximum Gasteiger partial charge on any atom is 0.321 e. The first kappa shape index (κ1) is 23.2. The fraction of sp³-hybridized carbons (Fsp3) is 0.391. The van der Waals surface area contributed by atoms with Gasteiger partial charge in [-0.25, -0.2) is 0 Å². The van der Waals surface area contributed by atoms with E-state index in [4.69, 9.17) is 9.47 Å². The molecule has 0 bridgehead atoms. The van der Waals surface area contributed by atoms with E-state index in [-0.39, 0.29) is 12.3 Å². The molecule has 3 N–H and O–H groups in total. The van der Waals surface area contributed by atoms with Crippen LogP contribution in [0.2, 0.25) is 0 Å². The van der Waals surface area contributed by atoms with Gasteiger partial charge in [0, 0.05) is 6.07 Å². The van der Waals surface area contributed by atoms with Gasteiger partial charge < -0.3 is 19.7 Å². The summed E-state index contributed by atoms with van der Waals surface area (Å²) in [4.78, 5) is 23.3. The lowest BCUT2D eigenvalue weighted by atomic mass is 9.97. The molecule has 2 atom stereocenters. The zero-order valence-electron chi connectivity index (χ0n) is 17.7. The number of ether oxygens (including phenoxy) is 2. The smallest absolute Gasteiger partial charge is 0.321 e. The second-order valence-electron chi connectivity index (χ2n) is 7.58. The van der Waals surface area contributed by atoms with E-state index in [9.17, 15) is 19.8 Å². The monoisotopic (exact) mass is 415 g/mol. The third kappa shape index (κ3) is 6.49. The van der Waals surface area contributed by atoms with Crippen molar-refractivity contribution >= 4 is 11.9 Å². The lowest BCUT2D eigenvalue weighted by Crippen LogP contribution is -2.48. The first-order chi connectivity index (χ1) is 14.2.